The maximum atomic E-state index is 11.3. The third kappa shape index (κ3) is 17.0. The Balaban J connectivity index is 4.04. The van der Waals surface area contributed by atoms with Gasteiger partial charge in [0.1, 0.15) is 26.2 Å². The molecule has 180 valence electrons. The second kappa shape index (κ2) is 21.9. The van der Waals surface area contributed by atoms with Crippen molar-refractivity contribution in [1.82, 2.24) is 0 Å². The summed E-state index contributed by atoms with van der Waals surface area (Å²) >= 11 is 0. The molecule has 0 aliphatic rings. The monoisotopic (exact) mass is 438 g/mol. The summed E-state index contributed by atoms with van der Waals surface area (Å²) in [6.45, 7) is 8.16. The number of hydrogen-bond acceptors (Lipinski definition) is 5. The Morgan fingerprint density at radius 1 is 0.645 bits per heavy atom. The summed E-state index contributed by atoms with van der Waals surface area (Å²) in [7, 11) is 0. The van der Waals surface area contributed by atoms with Crippen LogP contribution in [0.5, 0.6) is 0 Å². The molecule has 0 aromatic rings. The van der Waals surface area contributed by atoms with Crippen LogP contribution in [-0.4, -0.2) is 38.4 Å². The topological polar surface area (TPSA) is 61.8 Å². The van der Waals surface area contributed by atoms with E-state index < -0.39 is 0 Å². The third-order valence-corrected chi connectivity index (χ3v) is 5.39. The third-order valence-electron chi connectivity index (χ3n) is 5.39. The van der Waals surface area contributed by atoms with Crippen LogP contribution in [0.3, 0.4) is 0 Å². The lowest BCUT2D eigenvalue weighted by Crippen LogP contribution is -2.19. The van der Waals surface area contributed by atoms with E-state index in [0.717, 1.165) is 38.3 Å². The van der Waals surface area contributed by atoms with Crippen molar-refractivity contribution in [1.29, 1.82) is 0 Å². The highest BCUT2D eigenvalue weighted by atomic mass is 16.7. The van der Waals surface area contributed by atoms with Crippen LogP contribution in [0.15, 0.2) is 23.3 Å². The zero-order valence-corrected chi connectivity index (χ0v) is 20.4. The fourth-order valence-corrected chi connectivity index (χ4v) is 3.18. The van der Waals surface area contributed by atoms with Gasteiger partial charge in [-0.25, -0.2) is 0 Å². The van der Waals surface area contributed by atoms with Crippen molar-refractivity contribution in [2.45, 2.75) is 117 Å². The fourth-order valence-electron chi connectivity index (χ4n) is 3.18. The molecule has 0 spiro atoms. The van der Waals surface area contributed by atoms with Crippen LogP contribution in [-0.2, 0) is 23.8 Å². The van der Waals surface area contributed by atoms with E-state index in [9.17, 15) is 9.59 Å². The largest absolute Gasteiger partial charge is 0.348 e. The number of carbonyl (C=O) groups is 2. The van der Waals surface area contributed by atoms with Crippen LogP contribution in [0.2, 0.25) is 0 Å². The molecule has 0 aromatic heterocycles. The molecule has 0 heterocycles. The minimum absolute atomic E-state index is 0.0349. The number of hydrogen-bond donors (Lipinski definition) is 0. The van der Waals surface area contributed by atoms with Gasteiger partial charge < -0.3 is 14.2 Å². The first kappa shape index (κ1) is 29.7. The summed E-state index contributed by atoms with van der Waals surface area (Å²) in [4.78, 5) is 22.6. The Labute approximate surface area is 190 Å². The molecule has 0 saturated carbocycles. The van der Waals surface area contributed by atoms with Crippen LogP contribution in [0, 0.1) is 0 Å². The van der Waals surface area contributed by atoms with Crippen molar-refractivity contribution in [2.75, 3.05) is 13.6 Å². The van der Waals surface area contributed by atoms with Gasteiger partial charge >= 0.3 is 0 Å². The highest BCUT2D eigenvalue weighted by Gasteiger charge is 2.10. The second-order valence-electron chi connectivity index (χ2n) is 8.11. The van der Waals surface area contributed by atoms with E-state index >= 15 is 0 Å². The van der Waals surface area contributed by atoms with Gasteiger partial charge in [0.25, 0.3) is 0 Å². The van der Waals surface area contributed by atoms with Crippen molar-refractivity contribution < 1.29 is 23.8 Å². The first-order valence-electron chi connectivity index (χ1n) is 12.2. The van der Waals surface area contributed by atoms with Gasteiger partial charge in [-0.2, -0.15) is 0 Å². The molecule has 0 N–H and O–H groups in total. The molecule has 0 bridgehead atoms. The van der Waals surface area contributed by atoms with Gasteiger partial charge in [-0.05, 0) is 39.5 Å². The maximum absolute atomic E-state index is 11.3. The van der Waals surface area contributed by atoms with Gasteiger partial charge in [0.05, 0.1) is 12.2 Å². The average Bonchev–Trinajstić information content (AvgIpc) is 2.77. The van der Waals surface area contributed by atoms with E-state index in [-0.39, 0.29) is 25.8 Å². The zero-order chi connectivity index (χ0) is 23.2. The van der Waals surface area contributed by atoms with Gasteiger partial charge in [0.15, 0.2) is 0 Å². The smallest absolute Gasteiger partial charge is 0.150 e. The van der Waals surface area contributed by atoms with Gasteiger partial charge in [0.2, 0.25) is 0 Å². The maximum Gasteiger partial charge on any atom is 0.150 e. The van der Waals surface area contributed by atoms with Gasteiger partial charge in [-0.3, -0.25) is 9.59 Å². The first-order valence-corrected chi connectivity index (χ1v) is 12.2. The highest BCUT2D eigenvalue weighted by molar-refractivity contribution is 5.74. The number of rotatable bonds is 22. The molecular weight excluding hydrogens is 392 g/mol. The van der Waals surface area contributed by atoms with Crippen molar-refractivity contribution in [2.24, 2.45) is 0 Å². The molecule has 5 nitrogen and oxygen atoms in total. The molecule has 0 saturated heterocycles. The predicted molar refractivity (Wildman–Crippen MR) is 127 cm³/mol. The quantitative estimate of drug-likeness (QED) is 0.0814. The molecule has 0 aromatic carbocycles. The summed E-state index contributed by atoms with van der Waals surface area (Å²) in [6, 6.07) is 0. The van der Waals surface area contributed by atoms with Crippen LogP contribution in [0.1, 0.15) is 105 Å². The van der Waals surface area contributed by atoms with Gasteiger partial charge in [0, 0.05) is 11.1 Å². The first-order chi connectivity index (χ1) is 15.1. The molecule has 2 unspecified atom stereocenters. The predicted octanol–water partition coefficient (Wildman–Crippen LogP) is 6.70. The van der Waals surface area contributed by atoms with E-state index in [2.05, 4.69) is 13.8 Å². The second-order valence-corrected chi connectivity index (χ2v) is 8.11. The molecule has 0 aliphatic heterocycles. The summed E-state index contributed by atoms with van der Waals surface area (Å²) in [5.41, 5.74) is 1.30. The Bertz CT molecular complexity index is 454. The number of allylic oxidation sites excluding steroid dienone is 2. The summed E-state index contributed by atoms with van der Waals surface area (Å²) in [5.74, 6) is 0. The van der Waals surface area contributed by atoms with Crippen LogP contribution < -0.4 is 0 Å². The van der Waals surface area contributed by atoms with Crippen molar-refractivity contribution in [3.05, 3.63) is 23.3 Å². The Morgan fingerprint density at radius 2 is 1.03 bits per heavy atom. The average molecular weight is 439 g/mol. The van der Waals surface area contributed by atoms with E-state index in [1.165, 1.54) is 51.4 Å². The fraction of sp³-hybridized carbons (Fsp3) is 0.769. The van der Waals surface area contributed by atoms with Gasteiger partial charge in [-0.1, -0.05) is 77.4 Å². The number of carbonyl (C=O) groups excluding carboxylic acids is 2. The minimum atomic E-state index is -0.316. The lowest BCUT2D eigenvalue weighted by Gasteiger charge is -2.16. The Kier molecular flexibility index (Phi) is 21.0. The molecular formula is C26H46O5. The number of ether oxygens (including phenoxy) is 3. The van der Waals surface area contributed by atoms with E-state index in [1.807, 2.05) is 26.0 Å². The van der Waals surface area contributed by atoms with Crippen LogP contribution >= 0.6 is 0 Å². The van der Waals surface area contributed by atoms with E-state index in [0.29, 0.717) is 11.1 Å². The molecule has 5 heteroatoms. The standard InChI is InChI=1S/C26H46O5/c1-5-7-9-11-13-15-17-25(19-27)23(3)30-21-29-22-31-24(4)26(20-28)18-16-14-12-10-8-6-2/h17-20,23-24H,5-16,21-22H2,1-4H3. The van der Waals surface area contributed by atoms with Crippen LogP contribution in [0.4, 0.5) is 0 Å². The van der Waals surface area contributed by atoms with E-state index in [1.54, 1.807) is 0 Å². The molecule has 0 rings (SSSR count). The number of aldehydes is 2. The number of unbranched alkanes of at least 4 members (excludes halogenated alkanes) is 10. The molecule has 0 fully saturated rings. The Morgan fingerprint density at radius 3 is 1.39 bits per heavy atom. The van der Waals surface area contributed by atoms with Crippen LogP contribution in [0.25, 0.3) is 0 Å². The summed E-state index contributed by atoms with van der Waals surface area (Å²) in [5, 5.41) is 0. The lowest BCUT2D eigenvalue weighted by molar-refractivity contribution is -0.151. The normalized spacial score (nSPS) is 14.5. The summed E-state index contributed by atoms with van der Waals surface area (Å²) < 4.78 is 16.5. The molecule has 2 atom stereocenters. The molecule has 31 heavy (non-hydrogen) atoms. The molecule has 0 amide bonds. The van der Waals surface area contributed by atoms with Crippen molar-refractivity contribution in [3.63, 3.8) is 0 Å². The van der Waals surface area contributed by atoms with Gasteiger partial charge in [-0.15, -0.1) is 0 Å². The minimum Gasteiger partial charge on any atom is -0.348 e. The lowest BCUT2D eigenvalue weighted by atomic mass is 10.1. The SMILES string of the molecule is CCCCCCCC=C(C=O)C(C)OCOCOC(C)C(C=O)=CCCCCCCC. The molecule has 0 radical (unpaired) electrons. The van der Waals surface area contributed by atoms with Crippen molar-refractivity contribution >= 4 is 12.6 Å². The summed E-state index contributed by atoms with van der Waals surface area (Å²) in [6.07, 6.45) is 18.9. The van der Waals surface area contributed by atoms with Crippen molar-refractivity contribution in [3.8, 4) is 0 Å². The van der Waals surface area contributed by atoms with E-state index in [4.69, 9.17) is 14.2 Å². The Hall–Kier alpha value is -1.30. The zero-order valence-electron chi connectivity index (χ0n) is 20.4. The molecule has 0 aliphatic carbocycles. The highest BCUT2D eigenvalue weighted by Crippen LogP contribution is 2.12.